The van der Waals surface area contributed by atoms with Crippen molar-refractivity contribution < 1.29 is 34.2 Å². The Bertz CT molecular complexity index is 1180. The van der Waals surface area contributed by atoms with Crippen molar-refractivity contribution in [3.05, 3.63) is 36.0 Å². The first-order valence-electron chi connectivity index (χ1n) is 13.3. The molecule has 3 amide bonds. The molecule has 0 spiro atoms. The van der Waals surface area contributed by atoms with Crippen LogP contribution in [0.3, 0.4) is 0 Å². The van der Waals surface area contributed by atoms with Crippen LogP contribution in [0.15, 0.2) is 30.5 Å². The van der Waals surface area contributed by atoms with E-state index in [-0.39, 0.29) is 25.2 Å². The monoisotopic (exact) mass is 560 g/mol. The molecule has 1 aromatic heterocycles. The molecule has 0 saturated carbocycles. The number of carbonyl (C=O) groups excluding carboxylic acids is 3. The number of carboxylic acids is 2. The Hall–Kier alpha value is -3.97. The first-order valence-corrected chi connectivity index (χ1v) is 13.3. The molecule has 10 N–H and O–H groups in total. The Labute approximate surface area is 232 Å². The maximum Gasteiger partial charge on any atom is 0.326 e. The molecular formula is C27H40N6O7. The van der Waals surface area contributed by atoms with Crippen LogP contribution in [0, 0.1) is 5.92 Å². The van der Waals surface area contributed by atoms with E-state index in [0.29, 0.717) is 19.4 Å². The van der Waals surface area contributed by atoms with E-state index >= 15 is 0 Å². The van der Waals surface area contributed by atoms with Gasteiger partial charge in [-0.15, -0.1) is 0 Å². The summed E-state index contributed by atoms with van der Waals surface area (Å²) in [6, 6.07) is 2.80. The van der Waals surface area contributed by atoms with Crippen molar-refractivity contribution in [3.8, 4) is 0 Å². The molecule has 1 heterocycles. The number of fused-ring (bicyclic) bond motifs is 1. The van der Waals surface area contributed by atoms with Crippen LogP contribution in [0.2, 0.25) is 0 Å². The molecule has 0 radical (unpaired) electrons. The average Bonchev–Trinajstić information content (AvgIpc) is 3.29. The van der Waals surface area contributed by atoms with Gasteiger partial charge in [0.2, 0.25) is 17.7 Å². The van der Waals surface area contributed by atoms with Crippen molar-refractivity contribution in [2.75, 3.05) is 6.54 Å². The number of hydrogen-bond donors (Lipinski definition) is 8. The molecule has 0 aliphatic rings. The van der Waals surface area contributed by atoms with E-state index in [2.05, 4.69) is 20.9 Å². The minimum absolute atomic E-state index is 0.0753. The molecule has 0 aliphatic carbocycles. The highest BCUT2D eigenvalue weighted by Crippen LogP contribution is 2.19. The van der Waals surface area contributed by atoms with Gasteiger partial charge in [-0.1, -0.05) is 32.0 Å². The minimum atomic E-state index is -1.67. The summed E-state index contributed by atoms with van der Waals surface area (Å²) in [5, 5.41) is 26.7. The smallest absolute Gasteiger partial charge is 0.326 e. The van der Waals surface area contributed by atoms with Crippen LogP contribution in [0.4, 0.5) is 0 Å². The number of nitrogens with two attached hydrogens (primary N) is 2. The summed E-state index contributed by atoms with van der Waals surface area (Å²) in [5.41, 5.74) is 13.5. The molecule has 2 rings (SSSR count). The third-order valence-electron chi connectivity index (χ3n) is 6.36. The second-order valence-corrected chi connectivity index (χ2v) is 10.2. The number of rotatable bonds is 17. The number of hydrogen-bond acceptors (Lipinski definition) is 7. The lowest BCUT2D eigenvalue weighted by molar-refractivity contribution is -0.147. The Morgan fingerprint density at radius 1 is 0.900 bits per heavy atom. The molecule has 0 fully saturated rings. The first-order chi connectivity index (χ1) is 18.9. The van der Waals surface area contributed by atoms with Crippen molar-refractivity contribution in [2.45, 2.75) is 76.5 Å². The molecule has 0 bridgehead atoms. The predicted octanol–water partition coefficient (Wildman–Crippen LogP) is 0.227. The van der Waals surface area contributed by atoms with Crippen LogP contribution in [-0.4, -0.2) is 75.6 Å². The lowest BCUT2D eigenvalue weighted by Crippen LogP contribution is -2.57. The quantitative estimate of drug-likeness (QED) is 0.124. The fraction of sp³-hybridized carbons (Fsp3) is 0.519. The van der Waals surface area contributed by atoms with Crippen molar-refractivity contribution in [3.63, 3.8) is 0 Å². The topological polar surface area (TPSA) is 230 Å². The van der Waals surface area contributed by atoms with Gasteiger partial charge in [-0.2, -0.15) is 0 Å². The zero-order chi connectivity index (χ0) is 29.8. The van der Waals surface area contributed by atoms with Crippen molar-refractivity contribution in [2.24, 2.45) is 17.4 Å². The van der Waals surface area contributed by atoms with Crippen molar-refractivity contribution >= 4 is 40.6 Å². The van der Waals surface area contributed by atoms with Crippen LogP contribution < -0.4 is 27.4 Å². The molecule has 13 heteroatoms. The van der Waals surface area contributed by atoms with E-state index in [0.717, 1.165) is 16.5 Å². The molecule has 220 valence electrons. The van der Waals surface area contributed by atoms with Crippen LogP contribution in [0.5, 0.6) is 0 Å². The number of carbonyl (C=O) groups is 5. The lowest BCUT2D eigenvalue weighted by Gasteiger charge is -2.26. The largest absolute Gasteiger partial charge is 0.481 e. The molecule has 0 saturated heterocycles. The lowest BCUT2D eigenvalue weighted by atomic mass is 10.0. The fourth-order valence-electron chi connectivity index (χ4n) is 4.29. The second-order valence-electron chi connectivity index (χ2n) is 10.2. The Morgan fingerprint density at radius 3 is 2.15 bits per heavy atom. The SMILES string of the molecule is CC(C)CC(NC(=O)C(CCCCN)NC(=O)C(N)Cc1c[nH]c2ccccc12)C(=O)NC(CC(=O)O)C(=O)O. The summed E-state index contributed by atoms with van der Waals surface area (Å²) in [7, 11) is 0. The van der Waals surface area contributed by atoms with Crippen LogP contribution in [-0.2, 0) is 30.4 Å². The third kappa shape index (κ3) is 9.97. The number of H-pyrrole nitrogens is 1. The summed E-state index contributed by atoms with van der Waals surface area (Å²) in [6.45, 7) is 4.01. The molecule has 4 atom stereocenters. The normalized spacial score (nSPS) is 14.2. The van der Waals surface area contributed by atoms with Crippen LogP contribution in [0.1, 0.15) is 51.5 Å². The molecule has 4 unspecified atom stereocenters. The van der Waals surface area contributed by atoms with E-state index in [1.54, 1.807) is 6.20 Å². The zero-order valence-corrected chi connectivity index (χ0v) is 22.8. The van der Waals surface area contributed by atoms with Crippen molar-refractivity contribution in [1.82, 2.24) is 20.9 Å². The minimum Gasteiger partial charge on any atom is -0.481 e. The molecule has 40 heavy (non-hydrogen) atoms. The number of carboxylic acid groups (broad SMARTS) is 2. The molecular weight excluding hydrogens is 520 g/mol. The van der Waals surface area contributed by atoms with Gasteiger partial charge in [-0.25, -0.2) is 4.79 Å². The summed E-state index contributed by atoms with van der Waals surface area (Å²) in [5.74, 6) is -5.01. The van der Waals surface area contributed by atoms with E-state index in [1.165, 1.54) is 0 Å². The Morgan fingerprint density at radius 2 is 1.52 bits per heavy atom. The van der Waals surface area contributed by atoms with Crippen LogP contribution in [0.25, 0.3) is 10.9 Å². The Balaban J connectivity index is 2.14. The van der Waals surface area contributed by atoms with Crippen molar-refractivity contribution in [1.29, 1.82) is 0 Å². The van der Waals surface area contributed by atoms with Crippen LogP contribution >= 0.6 is 0 Å². The van der Waals surface area contributed by atoms with E-state index in [9.17, 15) is 29.1 Å². The van der Waals surface area contributed by atoms with Gasteiger partial charge in [0.1, 0.15) is 18.1 Å². The number of aromatic nitrogens is 1. The number of aliphatic carboxylic acids is 2. The van der Waals surface area contributed by atoms with Gasteiger partial charge in [0, 0.05) is 17.1 Å². The fourth-order valence-corrected chi connectivity index (χ4v) is 4.29. The Kier molecular flexibility index (Phi) is 12.6. The number of amides is 3. The number of nitrogens with one attached hydrogen (secondary N) is 4. The highest BCUT2D eigenvalue weighted by molar-refractivity contribution is 5.95. The predicted molar refractivity (Wildman–Crippen MR) is 148 cm³/mol. The molecule has 1 aromatic carbocycles. The third-order valence-corrected chi connectivity index (χ3v) is 6.36. The van der Waals surface area contributed by atoms with Gasteiger partial charge in [-0.3, -0.25) is 19.2 Å². The molecule has 2 aromatic rings. The number of unbranched alkanes of at least 4 members (excludes halogenated alkanes) is 1. The van der Waals surface area contributed by atoms with E-state index in [1.807, 2.05) is 38.1 Å². The summed E-state index contributed by atoms with van der Waals surface area (Å²) < 4.78 is 0. The highest BCUT2D eigenvalue weighted by atomic mass is 16.4. The summed E-state index contributed by atoms with van der Waals surface area (Å²) in [4.78, 5) is 64.8. The number of para-hydroxylation sites is 1. The molecule has 0 aliphatic heterocycles. The maximum absolute atomic E-state index is 13.3. The van der Waals surface area contributed by atoms with Gasteiger partial charge in [0.25, 0.3) is 0 Å². The number of benzene rings is 1. The van der Waals surface area contributed by atoms with Gasteiger partial charge in [0.05, 0.1) is 12.5 Å². The van der Waals surface area contributed by atoms with Gasteiger partial charge in [0.15, 0.2) is 0 Å². The molecule has 13 nitrogen and oxygen atoms in total. The summed E-state index contributed by atoms with van der Waals surface area (Å²) >= 11 is 0. The van der Waals surface area contributed by atoms with Gasteiger partial charge in [-0.05, 0) is 56.2 Å². The maximum atomic E-state index is 13.3. The average molecular weight is 561 g/mol. The number of aromatic amines is 1. The highest BCUT2D eigenvalue weighted by Gasteiger charge is 2.31. The van der Waals surface area contributed by atoms with E-state index in [4.69, 9.17) is 16.6 Å². The van der Waals surface area contributed by atoms with Gasteiger partial charge >= 0.3 is 11.9 Å². The first kappa shape index (κ1) is 32.2. The summed E-state index contributed by atoms with van der Waals surface area (Å²) in [6.07, 6.45) is 2.70. The van der Waals surface area contributed by atoms with Gasteiger partial charge < -0.3 is 42.6 Å². The standard InChI is InChI=1S/C27H40N6O7/c1-15(2)11-21(26(38)33-22(27(39)40)13-23(34)35)32-25(37)20(9-5-6-10-28)31-24(36)18(29)12-16-14-30-19-8-4-3-7-17(16)19/h3-4,7-8,14-15,18,20-22,30H,5-6,9-13,28-29H2,1-2H3,(H,31,36)(H,32,37)(H,33,38)(H,34,35)(H,39,40). The van der Waals surface area contributed by atoms with E-state index < -0.39 is 60.2 Å². The second kappa shape index (κ2) is 15.6. The zero-order valence-electron chi connectivity index (χ0n) is 22.8.